The van der Waals surface area contributed by atoms with Crippen LogP contribution in [0.15, 0.2) is 77.3 Å². The molecule has 3 aromatic rings. The van der Waals surface area contributed by atoms with Gasteiger partial charge in [0.25, 0.3) is 0 Å². The summed E-state index contributed by atoms with van der Waals surface area (Å²) >= 11 is 0. The maximum Gasteiger partial charge on any atom is 0.346 e. The van der Waals surface area contributed by atoms with Gasteiger partial charge in [-0.2, -0.15) is 4.52 Å². The summed E-state index contributed by atoms with van der Waals surface area (Å²) < 4.78 is 34.5. The van der Waals surface area contributed by atoms with Gasteiger partial charge in [-0.05, 0) is 119 Å². The van der Waals surface area contributed by atoms with Gasteiger partial charge in [0.1, 0.15) is 17.2 Å². The Labute approximate surface area is 250 Å². The fourth-order valence-corrected chi connectivity index (χ4v) is 11.6. The highest BCUT2D eigenvalue weighted by Gasteiger charge is 2.56. The van der Waals surface area contributed by atoms with Crippen LogP contribution in [0.4, 0.5) is 17.1 Å². The lowest BCUT2D eigenvalue weighted by Gasteiger charge is -2.46. The van der Waals surface area contributed by atoms with Crippen LogP contribution in [0.3, 0.4) is 0 Å². The minimum Gasteiger partial charge on any atom is -0.441 e. The van der Waals surface area contributed by atoms with E-state index in [1.54, 1.807) is 82.0 Å². The van der Waals surface area contributed by atoms with Crippen molar-refractivity contribution in [2.24, 2.45) is 4.52 Å². The van der Waals surface area contributed by atoms with E-state index in [4.69, 9.17) is 49.5 Å². The molecule has 2 unspecified atom stereocenters. The second kappa shape index (κ2) is 14.2. The fraction of sp³-hybridized carbons (Fsp3) is 0.333. The molecular formula is C27H39N6O6P3. The molecule has 15 heteroatoms. The lowest BCUT2D eigenvalue weighted by atomic mass is 10.3. The van der Waals surface area contributed by atoms with Gasteiger partial charge in [-0.3, -0.25) is 4.84 Å². The summed E-state index contributed by atoms with van der Waals surface area (Å²) in [4.78, 5) is 12.9. The summed E-state index contributed by atoms with van der Waals surface area (Å²) in [5.41, 5.74) is 19.6. The highest BCUT2D eigenvalue weighted by Crippen LogP contribution is 2.79. The van der Waals surface area contributed by atoms with Crippen molar-refractivity contribution in [3.05, 3.63) is 72.8 Å². The van der Waals surface area contributed by atoms with Crippen molar-refractivity contribution in [1.29, 1.82) is 0 Å². The van der Waals surface area contributed by atoms with Gasteiger partial charge in [0, 0.05) is 21.7 Å². The van der Waals surface area contributed by atoms with E-state index in [1.165, 1.54) is 0 Å². The van der Waals surface area contributed by atoms with Crippen molar-refractivity contribution in [2.75, 3.05) is 17.2 Å². The molecule has 228 valence electrons. The molecule has 0 saturated heterocycles. The van der Waals surface area contributed by atoms with Crippen LogP contribution in [0.25, 0.3) is 0 Å². The molecule has 1 aliphatic rings. The Kier molecular flexibility index (Phi) is 10.9. The molecule has 3 aromatic carbocycles. The number of rotatable bonds is 12. The third-order valence-electron chi connectivity index (χ3n) is 5.05. The molecular weight excluding hydrogens is 597 g/mol. The highest BCUT2D eigenvalue weighted by atomic mass is 31.3. The van der Waals surface area contributed by atoms with E-state index >= 15 is 0 Å². The topological polar surface area (TPSA) is 152 Å². The molecule has 0 saturated carbocycles. The standard InChI is InChI=1S/C27H39N6O6P3/c1-19(2)34-33-41(37-27-17-11-24(30)12-18-27)32(35-25-13-7-22(28)8-14-25)40(36-26-15-9-23(29)10-16-26)31-42(33,38-20(3)4)39-21(5)6/h7-21H,28-30H2,1-6H3. The lowest BCUT2D eigenvalue weighted by Crippen LogP contribution is -2.36. The lowest BCUT2D eigenvalue weighted by molar-refractivity contribution is -0.0907. The number of nitrogens with zero attached hydrogens (tertiary/aromatic N) is 3. The van der Waals surface area contributed by atoms with Gasteiger partial charge >= 0.3 is 24.6 Å². The van der Waals surface area contributed by atoms with Crippen LogP contribution in [-0.2, 0) is 13.9 Å². The first kappa shape index (κ1) is 32.3. The molecule has 0 bridgehead atoms. The summed E-state index contributed by atoms with van der Waals surface area (Å²) in [6.45, 7) is 11.5. The first-order chi connectivity index (χ1) is 19.9. The average Bonchev–Trinajstić information content (AvgIpc) is 2.91. The first-order valence-electron chi connectivity index (χ1n) is 13.4. The molecule has 0 aliphatic carbocycles. The second-order valence-corrected chi connectivity index (χ2v) is 15.6. The summed E-state index contributed by atoms with van der Waals surface area (Å²) in [6.07, 6.45) is -0.831. The van der Waals surface area contributed by atoms with Gasteiger partial charge in [-0.1, -0.05) is 0 Å². The van der Waals surface area contributed by atoms with Crippen molar-refractivity contribution in [3.63, 3.8) is 0 Å². The molecule has 0 aromatic heterocycles. The van der Waals surface area contributed by atoms with Crippen LogP contribution in [-0.4, -0.2) is 27.5 Å². The Hall–Kier alpha value is -2.65. The van der Waals surface area contributed by atoms with Gasteiger partial charge in [-0.15, -0.1) is 0 Å². The third-order valence-corrected chi connectivity index (χ3v) is 12.4. The Bertz CT molecular complexity index is 1330. The maximum atomic E-state index is 6.65. The van der Waals surface area contributed by atoms with E-state index in [9.17, 15) is 0 Å². The number of nitrogens with two attached hydrogens (primary N) is 3. The first-order valence-corrected chi connectivity index (χ1v) is 17.3. The van der Waals surface area contributed by atoms with Gasteiger partial charge < -0.3 is 40.1 Å². The van der Waals surface area contributed by atoms with E-state index in [0.717, 1.165) is 0 Å². The minimum atomic E-state index is -3.37. The molecule has 0 radical (unpaired) electrons. The highest BCUT2D eigenvalue weighted by molar-refractivity contribution is 7.78. The van der Waals surface area contributed by atoms with Crippen LogP contribution < -0.4 is 31.1 Å². The van der Waals surface area contributed by atoms with Crippen LogP contribution in [0.2, 0.25) is 0 Å². The van der Waals surface area contributed by atoms with Gasteiger partial charge in [-0.25, -0.2) is 0 Å². The van der Waals surface area contributed by atoms with Crippen molar-refractivity contribution < 1.29 is 27.8 Å². The monoisotopic (exact) mass is 636 g/mol. The maximum absolute atomic E-state index is 6.65. The Morgan fingerprint density at radius 1 is 0.619 bits per heavy atom. The average molecular weight is 637 g/mol. The van der Waals surface area contributed by atoms with E-state index < -0.39 is 24.6 Å². The van der Waals surface area contributed by atoms with Crippen LogP contribution >= 0.6 is 24.6 Å². The number of anilines is 3. The Balaban J connectivity index is 1.93. The molecule has 12 nitrogen and oxygen atoms in total. The number of hydrogen-bond acceptors (Lipinski definition) is 12. The predicted molar refractivity (Wildman–Crippen MR) is 170 cm³/mol. The zero-order valence-electron chi connectivity index (χ0n) is 24.5. The Morgan fingerprint density at radius 2 is 1.05 bits per heavy atom. The number of hydrogen-bond donors (Lipinski definition) is 3. The van der Waals surface area contributed by atoms with Crippen molar-refractivity contribution in [1.82, 2.24) is 9.21 Å². The van der Waals surface area contributed by atoms with E-state index in [-0.39, 0.29) is 18.3 Å². The van der Waals surface area contributed by atoms with Crippen molar-refractivity contribution in [2.45, 2.75) is 59.9 Å². The number of nitrogen functional groups attached to an aromatic ring is 3. The molecule has 42 heavy (non-hydrogen) atoms. The van der Waals surface area contributed by atoms with Crippen molar-refractivity contribution >= 4 is 41.6 Å². The van der Waals surface area contributed by atoms with Gasteiger partial charge in [0.15, 0.2) is 0 Å². The molecule has 0 spiro atoms. The van der Waals surface area contributed by atoms with Gasteiger partial charge in [0.05, 0.1) is 18.3 Å². The van der Waals surface area contributed by atoms with Gasteiger partial charge in [0.2, 0.25) is 0 Å². The normalized spacial score (nSPS) is 19.2. The molecule has 0 amide bonds. The van der Waals surface area contributed by atoms with Crippen LogP contribution in [0, 0.1) is 0 Å². The molecule has 4 rings (SSSR count). The smallest absolute Gasteiger partial charge is 0.346 e. The van der Waals surface area contributed by atoms with E-state index in [0.29, 0.717) is 34.3 Å². The van der Waals surface area contributed by atoms with Crippen LogP contribution in [0.1, 0.15) is 41.5 Å². The van der Waals surface area contributed by atoms with Crippen molar-refractivity contribution in [3.8, 4) is 17.2 Å². The summed E-state index contributed by atoms with van der Waals surface area (Å²) in [5.74, 6) is 1.54. The molecule has 2 atom stereocenters. The molecule has 0 fully saturated rings. The third kappa shape index (κ3) is 8.47. The second-order valence-electron chi connectivity index (χ2n) is 10.0. The van der Waals surface area contributed by atoms with Crippen LogP contribution in [0.5, 0.6) is 17.2 Å². The van der Waals surface area contributed by atoms with E-state index in [1.807, 2.05) is 41.5 Å². The molecule has 1 aliphatic heterocycles. The zero-order valence-corrected chi connectivity index (χ0v) is 27.2. The number of benzene rings is 3. The summed E-state index contributed by atoms with van der Waals surface area (Å²) in [6, 6.07) is 21.1. The molecule has 1 heterocycles. The zero-order chi connectivity index (χ0) is 30.4. The summed E-state index contributed by atoms with van der Waals surface area (Å²) in [7, 11) is -7.35. The largest absolute Gasteiger partial charge is 0.441 e. The minimum absolute atomic E-state index is 0.273. The fourth-order valence-electron chi connectivity index (χ4n) is 3.44. The predicted octanol–water partition coefficient (Wildman–Crippen LogP) is 8.09. The quantitative estimate of drug-likeness (QED) is 0.131. The van der Waals surface area contributed by atoms with E-state index in [2.05, 4.69) is 0 Å². The Morgan fingerprint density at radius 3 is 1.48 bits per heavy atom. The summed E-state index contributed by atoms with van der Waals surface area (Å²) in [5, 5.41) is 0. The SMILES string of the molecule is CC(C)ON1P(Oc2ccc(N)cc2)N(Oc2ccc(N)cc2)P(Oc2ccc(N)cc2)N=P1(OC(C)C)OC(C)C. The molecule has 6 N–H and O–H groups in total.